The van der Waals surface area contributed by atoms with E-state index in [-0.39, 0.29) is 39.7 Å². The molecule has 0 saturated heterocycles. The van der Waals surface area contributed by atoms with Gasteiger partial charge in [0.05, 0.1) is 33.4 Å². The number of aromatic nitrogens is 3. The number of nitrogens with zero attached hydrogens (tertiary/aromatic N) is 6. The van der Waals surface area contributed by atoms with Gasteiger partial charge in [-0.15, -0.1) is 22.7 Å². The van der Waals surface area contributed by atoms with Gasteiger partial charge in [-0.2, -0.15) is 26.3 Å². The molecule has 61 heavy (non-hydrogen) atoms. The monoisotopic (exact) mass is 864 g/mol. The van der Waals surface area contributed by atoms with Gasteiger partial charge in [0, 0.05) is 34.9 Å². The third-order valence-corrected chi connectivity index (χ3v) is 9.64. The summed E-state index contributed by atoms with van der Waals surface area (Å²) >= 11 is 0. The van der Waals surface area contributed by atoms with Gasteiger partial charge in [-0.1, -0.05) is 110 Å². The van der Waals surface area contributed by atoms with Crippen LogP contribution in [0.4, 0.5) is 54.8 Å². The molecule has 0 bridgehead atoms. The van der Waals surface area contributed by atoms with Gasteiger partial charge in [0.2, 0.25) is 0 Å². The number of halogens is 6. The van der Waals surface area contributed by atoms with Gasteiger partial charge in [-0.3, -0.25) is 19.9 Å². The van der Waals surface area contributed by atoms with E-state index in [9.17, 15) is 26.3 Å². The second-order valence-electron chi connectivity index (χ2n) is 13.5. The minimum atomic E-state index is -4.56. The zero-order valence-electron chi connectivity index (χ0n) is 32.6. The van der Waals surface area contributed by atoms with E-state index in [4.69, 9.17) is 0 Å². The molecule has 0 fully saturated rings. The Labute approximate surface area is 358 Å². The molecular formula is C48H34F6FeN6. The van der Waals surface area contributed by atoms with Crippen molar-refractivity contribution in [2.75, 3.05) is 0 Å². The van der Waals surface area contributed by atoms with Crippen LogP contribution in [0.25, 0.3) is 59.7 Å². The van der Waals surface area contributed by atoms with E-state index in [0.717, 1.165) is 40.4 Å². The third kappa shape index (κ3) is 9.33. The van der Waals surface area contributed by atoms with Crippen molar-refractivity contribution in [2.45, 2.75) is 26.2 Å². The van der Waals surface area contributed by atoms with Gasteiger partial charge in [0.1, 0.15) is 0 Å². The average molecular weight is 865 g/mol. The Morgan fingerprint density at radius 1 is 0.623 bits per heavy atom. The van der Waals surface area contributed by atoms with Crippen LogP contribution in [-0.2, 0) is 29.4 Å². The number of fused-ring (bicyclic) bond motifs is 5. The summed E-state index contributed by atoms with van der Waals surface area (Å²) < 4.78 is 82.1. The van der Waals surface area contributed by atoms with Gasteiger partial charge in [-0.25, -0.2) is 0 Å². The molecule has 0 unspecified atom stereocenters. The molecule has 8 rings (SSSR count). The summed E-state index contributed by atoms with van der Waals surface area (Å²) in [5.41, 5.74) is 3.06. The number of hydrogen-bond donors (Lipinski definition) is 0. The maximum Gasteiger partial charge on any atom is 2.00 e. The number of hydrogen-bond acceptors (Lipinski definition) is 4. The van der Waals surface area contributed by atoms with Gasteiger partial charge < -0.3 is 10.6 Å². The van der Waals surface area contributed by atoms with Crippen molar-refractivity contribution < 1.29 is 43.4 Å². The predicted octanol–water partition coefficient (Wildman–Crippen LogP) is 15.7. The predicted molar refractivity (Wildman–Crippen MR) is 231 cm³/mol. The van der Waals surface area contributed by atoms with Crippen LogP contribution in [0.15, 0.2) is 163 Å². The second kappa shape index (κ2) is 18.2. The number of rotatable bonds is 8. The maximum atomic E-state index is 13.8. The van der Waals surface area contributed by atoms with Gasteiger partial charge in [0.15, 0.2) is 0 Å². The van der Waals surface area contributed by atoms with Gasteiger partial charge in [-0.05, 0) is 72.1 Å². The molecule has 0 amide bonds. The topological polar surface area (TPSA) is 79.2 Å². The molecule has 0 saturated carbocycles. The summed E-state index contributed by atoms with van der Waals surface area (Å²) in [6, 6.07) is 29.6. The fraction of sp³-hybridized carbons (Fsp3) is 0.0833. The SMILES string of the molecule is C=C/C(C)=C(\C=C/C)c1cc(C(F)(F)F)cc([N-]c2cccc3cccnc23)c1N=C.FC(F)(F)c1cc([N-]c2cccc3cccnc23)c2ncc3ccccc3c2c1.[Fe+2]. The zero-order chi connectivity index (χ0) is 42.6. The summed E-state index contributed by atoms with van der Waals surface area (Å²) in [6.45, 7) is 10.9. The Morgan fingerprint density at radius 2 is 1.16 bits per heavy atom. The molecule has 3 aromatic heterocycles. The minimum Gasteiger partial charge on any atom is -0.654 e. The van der Waals surface area contributed by atoms with E-state index in [1.54, 1.807) is 93.1 Å². The Kier molecular flexibility index (Phi) is 13.1. The van der Waals surface area contributed by atoms with Gasteiger partial charge >= 0.3 is 29.4 Å². The summed E-state index contributed by atoms with van der Waals surface area (Å²) in [5.74, 6) is 0. The molecule has 6 nitrogen and oxygen atoms in total. The number of benzene rings is 5. The third-order valence-electron chi connectivity index (χ3n) is 9.64. The molecule has 0 N–H and O–H groups in total. The van der Waals surface area contributed by atoms with Crippen LogP contribution < -0.4 is 0 Å². The first kappa shape index (κ1) is 43.8. The Hall–Kier alpha value is -6.82. The molecule has 306 valence electrons. The summed E-state index contributed by atoms with van der Waals surface area (Å²) in [5, 5.41) is 12.7. The van der Waals surface area contributed by atoms with E-state index in [2.05, 4.69) is 43.9 Å². The van der Waals surface area contributed by atoms with E-state index in [0.29, 0.717) is 49.8 Å². The molecule has 0 aliphatic carbocycles. The van der Waals surface area contributed by atoms with E-state index < -0.39 is 23.5 Å². The van der Waals surface area contributed by atoms with E-state index in [1.807, 2.05) is 42.5 Å². The zero-order valence-corrected chi connectivity index (χ0v) is 33.7. The minimum absolute atomic E-state index is 0. The van der Waals surface area contributed by atoms with Gasteiger partial charge in [0.25, 0.3) is 0 Å². The Morgan fingerprint density at radius 3 is 1.74 bits per heavy atom. The van der Waals surface area contributed by atoms with Crippen LogP contribution in [0, 0.1) is 0 Å². The largest absolute Gasteiger partial charge is 2.00 e. The first-order valence-corrected chi connectivity index (χ1v) is 18.5. The standard InChI is InChI=1S/C25H21F3N3.C23H13F3N3.Fe/c1-5-9-19(16(3)6-2)20-14-18(25(26,27)28)15-22(24(20)29-4)31-21-12-7-10-17-11-8-13-30-23(17)21;24-23(25,26)16-11-18-17-8-2-1-5-15(17)13-28-22(18)20(12-16)29-19-9-3-6-14-7-4-10-27-21(14)19;/h5-15H,2,4H2,1,3H3;1-13H;/q2*-1;+2/b9-5-,19-16+;;. The molecule has 3 heterocycles. The Balaban J connectivity index is 0.000000201. The number of allylic oxidation sites excluding steroid dienone is 5. The van der Waals surface area contributed by atoms with Crippen LogP contribution >= 0.6 is 0 Å². The van der Waals surface area contributed by atoms with Crippen LogP contribution in [0.2, 0.25) is 0 Å². The van der Waals surface area contributed by atoms with Crippen LogP contribution in [0.5, 0.6) is 0 Å². The Bertz CT molecular complexity index is 2980. The first-order valence-electron chi connectivity index (χ1n) is 18.5. The van der Waals surface area contributed by atoms with Crippen molar-refractivity contribution in [3.8, 4) is 0 Å². The summed E-state index contributed by atoms with van der Waals surface area (Å²) in [6.07, 6.45) is 0.930. The number of alkyl halides is 6. The summed E-state index contributed by atoms with van der Waals surface area (Å²) in [4.78, 5) is 17.2. The molecule has 8 aromatic rings. The van der Waals surface area contributed by atoms with Crippen LogP contribution in [0.3, 0.4) is 0 Å². The number of pyridine rings is 3. The van der Waals surface area contributed by atoms with Crippen molar-refractivity contribution >= 4 is 84.2 Å². The van der Waals surface area contributed by atoms with Crippen molar-refractivity contribution in [3.05, 3.63) is 185 Å². The van der Waals surface area contributed by atoms with Crippen LogP contribution in [0.1, 0.15) is 30.5 Å². The molecule has 5 aromatic carbocycles. The van der Waals surface area contributed by atoms with Crippen molar-refractivity contribution in [1.29, 1.82) is 0 Å². The quantitative estimate of drug-likeness (QED) is 0.0502. The van der Waals surface area contributed by atoms with Crippen molar-refractivity contribution in [1.82, 2.24) is 15.0 Å². The fourth-order valence-corrected chi connectivity index (χ4v) is 6.76. The van der Waals surface area contributed by atoms with E-state index in [1.165, 1.54) is 0 Å². The van der Waals surface area contributed by atoms with Crippen LogP contribution in [-0.4, -0.2) is 21.7 Å². The molecule has 0 aliphatic heterocycles. The van der Waals surface area contributed by atoms with E-state index >= 15 is 0 Å². The summed E-state index contributed by atoms with van der Waals surface area (Å²) in [7, 11) is 0. The number of aliphatic imine (C=N–C) groups is 1. The maximum absolute atomic E-state index is 13.8. The molecule has 0 atom stereocenters. The molecule has 0 radical (unpaired) electrons. The van der Waals surface area contributed by atoms with Crippen molar-refractivity contribution in [3.63, 3.8) is 0 Å². The number of para-hydroxylation sites is 2. The molecule has 0 aliphatic rings. The molecular weight excluding hydrogens is 830 g/mol. The normalized spacial score (nSPS) is 12.1. The first-order chi connectivity index (χ1) is 28.8. The molecule has 0 spiro atoms. The smallest absolute Gasteiger partial charge is 0.654 e. The fourth-order valence-electron chi connectivity index (χ4n) is 6.76. The average Bonchev–Trinajstić information content (AvgIpc) is 3.24. The molecule has 13 heteroatoms. The van der Waals surface area contributed by atoms with Crippen molar-refractivity contribution in [2.24, 2.45) is 4.99 Å². The second-order valence-corrected chi connectivity index (χ2v) is 13.5.